The van der Waals surface area contributed by atoms with Crippen LogP contribution in [0, 0.1) is 0 Å². The molecular formula is C12H15NO4S. The second-order valence-electron chi connectivity index (χ2n) is 4.28. The molecule has 0 bridgehead atoms. The minimum atomic E-state index is -3.38. The monoisotopic (exact) mass is 269 g/mol. The molecule has 98 valence electrons. The molecule has 5 nitrogen and oxygen atoms in total. The second-order valence-corrected chi connectivity index (χ2v) is 5.93. The molecule has 0 saturated carbocycles. The molecule has 0 aromatic heterocycles. The maximum Gasteiger partial charge on any atom is 0.264 e. The van der Waals surface area contributed by atoms with E-state index in [-0.39, 0.29) is 18.6 Å². The average molecular weight is 269 g/mol. The van der Waals surface area contributed by atoms with E-state index in [1.54, 1.807) is 6.07 Å². The maximum atomic E-state index is 11.6. The highest BCUT2D eigenvalue weighted by atomic mass is 32.2. The predicted octanol–water partition coefficient (Wildman–Crippen LogP) is 1.23. The first-order chi connectivity index (χ1) is 8.47. The predicted molar refractivity (Wildman–Crippen MR) is 66.7 cm³/mol. The zero-order valence-corrected chi connectivity index (χ0v) is 10.9. The first-order valence-corrected chi connectivity index (χ1v) is 7.53. The van der Waals surface area contributed by atoms with E-state index >= 15 is 0 Å². The number of rotatable bonds is 5. The highest BCUT2D eigenvalue weighted by molar-refractivity contribution is 7.85. The number of hydrogen-bond acceptors (Lipinski definition) is 4. The lowest BCUT2D eigenvalue weighted by molar-refractivity contribution is 0.0953. The lowest BCUT2D eigenvalue weighted by atomic mass is 10.0. The van der Waals surface area contributed by atoms with Crippen molar-refractivity contribution >= 4 is 16.0 Å². The van der Waals surface area contributed by atoms with E-state index in [1.807, 2.05) is 18.2 Å². The molecule has 1 atom stereocenters. The van der Waals surface area contributed by atoms with Gasteiger partial charge >= 0.3 is 0 Å². The fourth-order valence-corrected chi connectivity index (χ4v) is 2.47. The van der Waals surface area contributed by atoms with Crippen LogP contribution in [0.2, 0.25) is 0 Å². The first-order valence-electron chi connectivity index (χ1n) is 5.71. The van der Waals surface area contributed by atoms with Crippen molar-refractivity contribution in [2.24, 2.45) is 0 Å². The lowest BCUT2D eigenvalue weighted by Gasteiger charge is -2.11. The summed E-state index contributed by atoms with van der Waals surface area (Å²) in [5, 5.41) is 2.87. The van der Waals surface area contributed by atoms with Crippen LogP contribution in [0.5, 0.6) is 0 Å². The van der Waals surface area contributed by atoms with E-state index in [4.69, 9.17) is 0 Å². The highest BCUT2D eigenvalue weighted by Gasteiger charge is 2.27. The van der Waals surface area contributed by atoms with Crippen LogP contribution >= 0.6 is 0 Å². The van der Waals surface area contributed by atoms with Gasteiger partial charge in [-0.25, -0.2) is 0 Å². The van der Waals surface area contributed by atoms with E-state index < -0.39 is 10.1 Å². The van der Waals surface area contributed by atoms with Crippen LogP contribution in [0.4, 0.5) is 0 Å². The van der Waals surface area contributed by atoms with Gasteiger partial charge in [-0.15, -0.1) is 0 Å². The number of carbonyl (C=O) groups excluding carboxylic acids is 1. The third-order valence-corrected chi connectivity index (χ3v) is 3.42. The van der Waals surface area contributed by atoms with Gasteiger partial charge in [-0.1, -0.05) is 18.2 Å². The number of benzene rings is 1. The van der Waals surface area contributed by atoms with Gasteiger partial charge in [0.15, 0.2) is 0 Å². The molecule has 1 aromatic rings. The fraction of sp³-hybridized carbons (Fsp3) is 0.417. The molecule has 0 spiro atoms. The molecule has 1 aliphatic heterocycles. The Kier molecular flexibility index (Phi) is 3.68. The third kappa shape index (κ3) is 3.08. The molecule has 1 unspecified atom stereocenters. The molecule has 1 N–H and O–H groups in total. The summed E-state index contributed by atoms with van der Waals surface area (Å²) in [7, 11) is -3.38. The van der Waals surface area contributed by atoms with Gasteiger partial charge in [0.25, 0.3) is 16.0 Å². The second kappa shape index (κ2) is 5.07. The molecule has 1 amide bonds. The number of hydrogen-bond donors (Lipinski definition) is 1. The molecule has 2 rings (SSSR count). The quantitative estimate of drug-likeness (QED) is 0.644. The molecule has 1 aromatic carbocycles. The number of carbonyl (C=O) groups is 1. The van der Waals surface area contributed by atoms with E-state index in [0.29, 0.717) is 18.4 Å². The van der Waals surface area contributed by atoms with Gasteiger partial charge in [0.05, 0.1) is 18.9 Å². The molecule has 0 saturated heterocycles. The van der Waals surface area contributed by atoms with Gasteiger partial charge in [0.2, 0.25) is 0 Å². The molecular weight excluding hydrogens is 254 g/mol. The first kappa shape index (κ1) is 13.0. The van der Waals surface area contributed by atoms with Crippen LogP contribution in [0.15, 0.2) is 24.3 Å². The van der Waals surface area contributed by atoms with E-state index in [2.05, 4.69) is 9.50 Å². The van der Waals surface area contributed by atoms with Gasteiger partial charge in [0.1, 0.15) is 0 Å². The Morgan fingerprint density at radius 2 is 2.06 bits per heavy atom. The zero-order chi connectivity index (χ0) is 13.2. The Hall–Kier alpha value is -1.40. The smallest absolute Gasteiger partial charge is 0.264 e. The van der Waals surface area contributed by atoms with E-state index in [0.717, 1.165) is 11.8 Å². The van der Waals surface area contributed by atoms with Crippen LogP contribution in [0.3, 0.4) is 0 Å². The summed E-state index contributed by atoms with van der Waals surface area (Å²) in [6.07, 6.45) is 2.27. The highest BCUT2D eigenvalue weighted by Crippen LogP contribution is 2.28. The maximum absolute atomic E-state index is 11.6. The van der Waals surface area contributed by atoms with Crippen molar-refractivity contribution in [1.29, 1.82) is 0 Å². The summed E-state index contributed by atoms with van der Waals surface area (Å²) < 4.78 is 26.2. The van der Waals surface area contributed by atoms with Crippen LogP contribution in [0.25, 0.3) is 0 Å². The molecule has 18 heavy (non-hydrogen) atoms. The number of nitrogens with one attached hydrogen (secondary N) is 1. The molecule has 1 heterocycles. The van der Waals surface area contributed by atoms with Crippen molar-refractivity contribution in [2.75, 3.05) is 12.9 Å². The van der Waals surface area contributed by atoms with Crippen LogP contribution in [0.1, 0.15) is 34.8 Å². The fourth-order valence-electron chi connectivity index (χ4n) is 2.05. The van der Waals surface area contributed by atoms with Gasteiger partial charge < -0.3 is 5.32 Å². The van der Waals surface area contributed by atoms with Crippen molar-refractivity contribution < 1.29 is 17.4 Å². The third-order valence-electron chi connectivity index (χ3n) is 2.82. The minimum absolute atomic E-state index is 0.0446. The summed E-state index contributed by atoms with van der Waals surface area (Å²) >= 11 is 0. The molecule has 1 aliphatic rings. The summed E-state index contributed by atoms with van der Waals surface area (Å²) in [6.45, 7) is 0.146. The van der Waals surface area contributed by atoms with Crippen molar-refractivity contribution in [3.05, 3.63) is 35.4 Å². The molecule has 6 heteroatoms. The number of amides is 1. The Morgan fingerprint density at radius 3 is 2.78 bits per heavy atom. The van der Waals surface area contributed by atoms with Crippen LogP contribution < -0.4 is 5.32 Å². The molecule has 0 radical (unpaired) electrons. The van der Waals surface area contributed by atoms with Crippen LogP contribution in [-0.4, -0.2) is 27.2 Å². The van der Waals surface area contributed by atoms with Crippen LogP contribution in [-0.2, 0) is 14.3 Å². The Bertz CT molecular complexity index is 553. The Morgan fingerprint density at radius 1 is 1.33 bits per heavy atom. The zero-order valence-electron chi connectivity index (χ0n) is 10.0. The summed E-state index contributed by atoms with van der Waals surface area (Å²) in [4.78, 5) is 11.6. The largest absolute Gasteiger partial charge is 0.345 e. The van der Waals surface area contributed by atoms with Gasteiger partial charge in [-0.3, -0.25) is 8.98 Å². The normalized spacial score (nSPS) is 18.5. The minimum Gasteiger partial charge on any atom is -0.345 e. The molecule has 0 fully saturated rings. The Labute approximate surface area is 106 Å². The summed E-state index contributed by atoms with van der Waals surface area (Å²) in [6, 6.07) is 7.37. The summed E-state index contributed by atoms with van der Waals surface area (Å²) in [5.74, 6) is -0.0698. The number of fused-ring (bicyclic) bond motifs is 1. The van der Waals surface area contributed by atoms with Crippen molar-refractivity contribution in [3.8, 4) is 0 Å². The summed E-state index contributed by atoms with van der Waals surface area (Å²) in [5.41, 5.74) is 1.67. The SMILES string of the molecule is CS(=O)(=O)OCCCC1NC(=O)c2ccccc21. The standard InChI is InChI=1S/C12H15NO4S/c1-18(15,16)17-8-4-7-11-9-5-2-3-6-10(9)12(14)13-11/h2-3,5-6,11H,4,7-8H2,1H3,(H,13,14). The van der Waals surface area contributed by atoms with Crippen molar-refractivity contribution in [2.45, 2.75) is 18.9 Å². The van der Waals surface area contributed by atoms with Gasteiger partial charge in [-0.05, 0) is 24.5 Å². The van der Waals surface area contributed by atoms with Gasteiger partial charge in [-0.2, -0.15) is 8.42 Å². The Balaban J connectivity index is 1.91. The van der Waals surface area contributed by atoms with Gasteiger partial charge in [0, 0.05) is 5.56 Å². The van der Waals surface area contributed by atoms with E-state index in [1.165, 1.54) is 0 Å². The topological polar surface area (TPSA) is 72.5 Å². The van der Waals surface area contributed by atoms with Crippen molar-refractivity contribution in [3.63, 3.8) is 0 Å². The van der Waals surface area contributed by atoms with E-state index in [9.17, 15) is 13.2 Å². The van der Waals surface area contributed by atoms with Crippen molar-refractivity contribution in [1.82, 2.24) is 5.32 Å². The molecule has 0 aliphatic carbocycles. The lowest BCUT2D eigenvalue weighted by Crippen LogP contribution is -2.19. The average Bonchev–Trinajstić information content (AvgIpc) is 2.62.